The lowest BCUT2D eigenvalue weighted by Crippen LogP contribution is -1.99. The SMILES string of the molecule is CC(C)c1ncc2cc(C(=O)O)ccc2n1. The van der Waals surface area contributed by atoms with Crippen LogP contribution in [-0.2, 0) is 0 Å². The van der Waals surface area contributed by atoms with E-state index in [0.717, 1.165) is 16.7 Å². The summed E-state index contributed by atoms with van der Waals surface area (Å²) in [6.45, 7) is 4.04. The molecule has 0 atom stereocenters. The number of aromatic carboxylic acids is 1. The normalized spacial score (nSPS) is 10.9. The lowest BCUT2D eigenvalue weighted by Gasteiger charge is -2.05. The third-order valence-electron chi connectivity index (χ3n) is 2.36. The number of carbonyl (C=O) groups is 1. The molecule has 1 heterocycles. The second-order valence-electron chi connectivity index (χ2n) is 3.96. The van der Waals surface area contributed by atoms with E-state index >= 15 is 0 Å². The molecule has 0 amide bonds. The van der Waals surface area contributed by atoms with Gasteiger partial charge in [0.25, 0.3) is 0 Å². The van der Waals surface area contributed by atoms with Crippen LogP contribution in [-0.4, -0.2) is 21.0 Å². The van der Waals surface area contributed by atoms with Gasteiger partial charge in [-0.3, -0.25) is 0 Å². The van der Waals surface area contributed by atoms with Gasteiger partial charge in [-0.15, -0.1) is 0 Å². The maximum Gasteiger partial charge on any atom is 0.335 e. The van der Waals surface area contributed by atoms with E-state index < -0.39 is 5.97 Å². The molecule has 4 nitrogen and oxygen atoms in total. The molecule has 1 aromatic heterocycles. The molecular formula is C12H12N2O2. The van der Waals surface area contributed by atoms with Crippen LogP contribution in [0.4, 0.5) is 0 Å². The average molecular weight is 216 g/mol. The molecule has 2 aromatic rings. The van der Waals surface area contributed by atoms with Crippen LogP contribution >= 0.6 is 0 Å². The van der Waals surface area contributed by atoms with Crippen molar-refractivity contribution in [2.24, 2.45) is 0 Å². The summed E-state index contributed by atoms with van der Waals surface area (Å²) < 4.78 is 0. The van der Waals surface area contributed by atoms with Crippen LogP contribution in [0, 0.1) is 0 Å². The van der Waals surface area contributed by atoms with E-state index in [4.69, 9.17) is 5.11 Å². The second kappa shape index (κ2) is 3.89. The summed E-state index contributed by atoms with van der Waals surface area (Å²) in [6, 6.07) is 4.86. The van der Waals surface area contributed by atoms with Crippen molar-refractivity contribution in [2.75, 3.05) is 0 Å². The molecular weight excluding hydrogens is 204 g/mol. The number of hydrogen-bond acceptors (Lipinski definition) is 3. The van der Waals surface area contributed by atoms with Crippen LogP contribution in [0.1, 0.15) is 35.9 Å². The Balaban J connectivity index is 2.57. The molecule has 4 heteroatoms. The first-order chi connectivity index (χ1) is 7.58. The van der Waals surface area contributed by atoms with Crippen LogP contribution in [0.25, 0.3) is 10.9 Å². The second-order valence-corrected chi connectivity index (χ2v) is 3.96. The van der Waals surface area contributed by atoms with Crippen LogP contribution in [0.15, 0.2) is 24.4 Å². The molecule has 0 aliphatic carbocycles. The van der Waals surface area contributed by atoms with Crippen LogP contribution < -0.4 is 0 Å². The molecule has 0 aliphatic heterocycles. The third-order valence-corrected chi connectivity index (χ3v) is 2.36. The molecule has 0 radical (unpaired) electrons. The standard InChI is InChI=1S/C12H12N2O2/c1-7(2)11-13-6-9-5-8(12(15)16)3-4-10(9)14-11/h3-7H,1-2H3,(H,15,16). The highest BCUT2D eigenvalue weighted by Gasteiger charge is 2.07. The smallest absolute Gasteiger partial charge is 0.335 e. The van der Waals surface area contributed by atoms with E-state index in [1.54, 1.807) is 24.4 Å². The van der Waals surface area contributed by atoms with Crippen molar-refractivity contribution >= 4 is 16.9 Å². The molecule has 0 saturated carbocycles. The van der Waals surface area contributed by atoms with Crippen molar-refractivity contribution < 1.29 is 9.90 Å². The van der Waals surface area contributed by atoms with Gasteiger partial charge in [0.15, 0.2) is 0 Å². The van der Waals surface area contributed by atoms with E-state index in [9.17, 15) is 4.79 Å². The number of fused-ring (bicyclic) bond motifs is 1. The number of rotatable bonds is 2. The Morgan fingerprint density at radius 1 is 1.38 bits per heavy atom. The topological polar surface area (TPSA) is 63.1 Å². The Morgan fingerprint density at radius 2 is 2.12 bits per heavy atom. The van der Waals surface area contributed by atoms with Crippen molar-refractivity contribution in [1.29, 1.82) is 0 Å². The zero-order chi connectivity index (χ0) is 11.7. The monoisotopic (exact) mass is 216 g/mol. The van der Waals surface area contributed by atoms with Gasteiger partial charge in [-0.1, -0.05) is 13.8 Å². The minimum Gasteiger partial charge on any atom is -0.478 e. The Kier molecular flexibility index (Phi) is 2.56. The van der Waals surface area contributed by atoms with Crippen molar-refractivity contribution in [2.45, 2.75) is 19.8 Å². The quantitative estimate of drug-likeness (QED) is 0.837. The van der Waals surface area contributed by atoms with E-state index in [1.165, 1.54) is 0 Å². The summed E-state index contributed by atoms with van der Waals surface area (Å²) in [5.41, 5.74) is 1.04. The predicted molar refractivity (Wildman–Crippen MR) is 60.6 cm³/mol. The van der Waals surface area contributed by atoms with Crippen LogP contribution in [0.5, 0.6) is 0 Å². The van der Waals surface area contributed by atoms with E-state index in [-0.39, 0.29) is 11.5 Å². The van der Waals surface area contributed by atoms with Gasteiger partial charge in [0.1, 0.15) is 5.82 Å². The summed E-state index contributed by atoms with van der Waals surface area (Å²) in [6.07, 6.45) is 1.67. The molecule has 0 fully saturated rings. The highest BCUT2D eigenvalue weighted by Crippen LogP contribution is 2.16. The number of aromatic nitrogens is 2. The van der Waals surface area contributed by atoms with Crippen molar-refractivity contribution in [3.63, 3.8) is 0 Å². The lowest BCUT2D eigenvalue weighted by atomic mass is 10.1. The van der Waals surface area contributed by atoms with Gasteiger partial charge in [-0.05, 0) is 18.2 Å². The maximum atomic E-state index is 10.8. The fraction of sp³-hybridized carbons (Fsp3) is 0.250. The first-order valence-electron chi connectivity index (χ1n) is 5.08. The van der Waals surface area contributed by atoms with Gasteiger partial charge in [0.05, 0.1) is 11.1 Å². The summed E-state index contributed by atoms with van der Waals surface area (Å²) in [5, 5.41) is 9.60. The third kappa shape index (κ3) is 1.86. The fourth-order valence-corrected chi connectivity index (χ4v) is 1.46. The minimum atomic E-state index is -0.935. The molecule has 0 aliphatic rings. The van der Waals surface area contributed by atoms with Crippen molar-refractivity contribution in [3.05, 3.63) is 35.8 Å². The molecule has 0 spiro atoms. The first kappa shape index (κ1) is 10.5. The Labute approximate surface area is 93.0 Å². The number of nitrogens with zero attached hydrogens (tertiary/aromatic N) is 2. The highest BCUT2D eigenvalue weighted by molar-refractivity contribution is 5.92. The van der Waals surface area contributed by atoms with Gasteiger partial charge in [-0.25, -0.2) is 14.8 Å². The molecule has 1 aromatic carbocycles. The Morgan fingerprint density at radius 3 is 2.75 bits per heavy atom. The van der Waals surface area contributed by atoms with Gasteiger partial charge in [-0.2, -0.15) is 0 Å². The highest BCUT2D eigenvalue weighted by atomic mass is 16.4. The number of hydrogen-bond donors (Lipinski definition) is 1. The van der Waals surface area contributed by atoms with E-state index in [0.29, 0.717) is 0 Å². The number of benzene rings is 1. The maximum absolute atomic E-state index is 10.8. The molecule has 82 valence electrons. The molecule has 16 heavy (non-hydrogen) atoms. The summed E-state index contributed by atoms with van der Waals surface area (Å²) >= 11 is 0. The van der Waals surface area contributed by atoms with Gasteiger partial charge in [0, 0.05) is 17.5 Å². The van der Waals surface area contributed by atoms with E-state index in [2.05, 4.69) is 9.97 Å². The zero-order valence-corrected chi connectivity index (χ0v) is 9.14. The lowest BCUT2D eigenvalue weighted by molar-refractivity contribution is 0.0697. The van der Waals surface area contributed by atoms with E-state index in [1.807, 2.05) is 13.8 Å². The van der Waals surface area contributed by atoms with Gasteiger partial charge >= 0.3 is 5.97 Å². The van der Waals surface area contributed by atoms with Crippen molar-refractivity contribution in [1.82, 2.24) is 9.97 Å². The predicted octanol–water partition coefficient (Wildman–Crippen LogP) is 2.45. The number of carboxylic acid groups (broad SMARTS) is 1. The molecule has 0 saturated heterocycles. The van der Waals surface area contributed by atoms with Gasteiger partial charge < -0.3 is 5.11 Å². The molecule has 0 unspecified atom stereocenters. The number of carboxylic acids is 1. The van der Waals surface area contributed by atoms with Crippen LogP contribution in [0.3, 0.4) is 0 Å². The summed E-state index contributed by atoms with van der Waals surface area (Å²) in [5.74, 6) is 0.106. The minimum absolute atomic E-state index is 0.258. The zero-order valence-electron chi connectivity index (χ0n) is 9.14. The molecule has 2 rings (SSSR count). The summed E-state index contributed by atoms with van der Waals surface area (Å²) in [7, 11) is 0. The Bertz CT molecular complexity index is 550. The Hall–Kier alpha value is -1.97. The van der Waals surface area contributed by atoms with Gasteiger partial charge in [0.2, 0.25) is 0 Å². The molecule has 1 N–H and O–H groups in total. The largest absolute Gasteiger partial charge is 0.478 e. The average Bonchev–Trinajstić information content (AvgIpc) is 2.27. The fourth-order valence-electron chi connectivity index (χ4n) is 1.46. The molecule has 0 bridgehead atoms. The van der Waals surface area contributed by atoms with Crippen molar-refractivity contribution in [3.8, 4) is 0 Å². The summed E-state index contributed by atoms with van der Waals surface area (Å²) in [4.78, 5) is 19.4. The van der Waals surface area contributed by atoms with Crippen LogP contribution in [0.2, 0.25) is 0 Å². The first-order valence-corrected chi connectivity index (χ1v) is 5.08.